The first-order valence-electron chi connectivity index (χ1n) is 6.12. The number of methoxy groups -OCH3 is 1. The molecule has 1 aliphatic carbocycles. The predicted molar refractivity (Wildman–Crippen MR) is 63.4 cm³/mol. The lowest BCUT2D eigenvalue weighted by Gasteiger charge is -2.26. The molecule has 2 atom stereocenters. The summed E-state index contributed by atoms with van der Waals surface area (Å²) >= 11 is 0. The Balaban J connectivity index is 1.97. The minimum Gasteiger partial charge on any atom is -0.472 e. The molecular weight excluding hydrogens is 202 g/mol. The van der Waals surface area contributed by atoms with Gasteiger partial charge in [0, 0.05) is 13.2 Å². The van der Waals surface area contributed by atoms with Gasteiger partial charge >= 0.3 is 0 Å². The zero-order valence-corrected chi connectivity index (χ0v) is 10.1. The van der Waals surface area contributed by atoms with Gasteiger partial charge in [0.25, 0.3) is 0 Å². The Bertz CT molecular complexity index is 293. The highest BCUT2D eigenvalue weighted by molar-refractivity contribution is 5.09. The molecule has 0 saturated heterocycles. The number of hydrogen-bond donors (Lipinski definition) is 1. The molecule has 3 nitrogen and oxygen atoms in total. The van der Waals surface area contributed by atoms with Gasteiger partial charge in [0.15, 0.2) is 0 Å². The summed E-state index contributed by atoms with van der Waals surface area (Å²) in [5, 5.41) is 3.53. The van der Waals surface area contributed by atoms with Crippen LogP contribution in [-0.2, 0) is 11.2 Å². The van der Waals surface area contributed by atoms with Crippen molar-refractivity contribution in [2.24, 2.45) is 5.92 Å². The van der Waals surface area contributed by atoms with Gasteiger partial charge in [0.2, 0.25) is 0 Å². The number of furan rings is 1. The summed E-state index contributed by atoms with van der Waals surface area (Å²) in [4.78, 5) is 0. The molecule has 1 N–H and O–H groups in total. The van der Waals surface area contributed by atoms with E-state index in [1.807, 2.05) is 19.4 Å². The molecule has 1 saturated carbocycles. The highest BCUT2D eigenvalue weighted by Gasteiger charge is 2.36. The molecule has 0 aliphatic heterocycles. The van der Waals surface area contributed by atoms with Crippen LogP contribution >= 0.6 is 0 Å². The zero-order chi connectivity index (χ0) is 11.4. The third-order valence-corrected chi connectivity index (χ3v) is 3.26. The van der Waals surface area contributed by atoms with E-state index in [1.54, 1.807) is 6.26 Å². The Hall–Kier alpha value is -0.800. The summed E-state index contributed by atoms with van der Waals surface area (Å²) in [6.07, 6.45) is 7.51. The Morgan fingerprint density at radius 1 is 1.56 bits per heavy atom. The van der Waals surface area contributed by atoms with E-state index in [4.69, 9.17) is 9.15 Å². The molecule has 0 aromatic carbocycles. The molecule has 2 unspecified atom stereocenters. The molecule has 16 heavy (non-hydrogen) atoms. The van der Waals surface area contributed by atoms with E-state index in [2.05, 4.69) is 12.2 Å². The summed E-state index contributed by atoms with van der Waals surface area (Å²) in [5.74, 6) is 0.751. The van der Waals surface area contributed by atoms with Crippen LogP contribution in [0.1, 0.15) is 25.3 Å². The molecule has 1 aromatic heterocycles. The van der Waals surface area contributed by atoms with E-state index < -0.39 is 0 Å². The van der Waals surface area contributed by atoms with Gasteiger partial charge in [-0.2, -0.15) is 0 Å². The lowest BCUT2D eigenvalue weighted by atomic mass is 10.00. The quantitative estimate of drug-likeness (QED) is 0.769. The minimum atomic E-state index is 0.342. The van der Waals surface area contributed by atoms with Gasteiger partial charge in [0.1, 0.15) is 0 Å². The second-order valence-electron chi connectivity index (χ2n) is 4.54. The molecule has 0 bridgehead atoms. The first kappa shape index (κ1) is 11.7. The standard InChI is InChI=1S/C13H21NO2/c1-3-14-12(8-10-6-7-16-9-10)13(15-2)11-4-5-11/h6-7,9,11-14H,3-5,8H2,1-2H3. The fraction of sp³-hybridized carbons (Fsp3) is 0.692. The van der Waals surface area contributed by atoms with Gasteiger partial charge in [-0.15, -0.1) is 0 Å². The van der Waals surface area contributed by atoms with E-state index >= 15 is 0 Å². The number of rotatable bonds is 7. The summed E-state index contributed by atoms with van der Waals surface area (Å²) in [5.41, 5.74) is 1.24. The number of ether oxygens (including phenoxy) is 1. The number of likely N-dealkylation sites (N-methyl/N-ethyl adjacent to an activating group) is 1. The van der Waals surface area contributed by atoms with Crippen LogP contribution < -0.4 is 5.32 Å². The Labute approximate surface area is 97.2 Å². The zero-order valence-electron chi connectivity index (χ0n) is 10.1. The first-order valence-corrected chi connectivity index (χ1v) is 6.12. The topological polar surface area (TPSA) is 34.4 Å². The van der Waals surface area contributed by atoms with Gasteiger partial charge in [-0.05, 0) is 43.4 Å². The number of nitrogens with one attached hydrogen (secondary N) is 1. The van der Waals surface area contributed by atoms with Crippen molar-refractivity contribution >= 4 is 0 Å². The Morgan fingerprint density at radius 2 is 2.38 bits per heavy atom. The molecule has 1 aromatic rings. The van der Waals surface area contributed by atoms with Crippen molar-refractivity contribution < 1.29 is 9.15 Å². The van der Waals surface area contributed by atoms with Crippen molar-refractivity contribution in [1.82, 2.24) is 5.32 Å². The van der Waals surface area contributed by atoms with Gasteiger partial charge < -0.3 is 14.5 Å². The number of hydrogen-bond acceptors (Lipinski definition) is 3. The van der Waals surface area contributed by atoms with Crippen LogP contribution in [0.4, 0.5) is 0 Å². The molecule has 1 fully saturated rings. The van der Waals surface area contributed by atoms with Gasteiger partial charge in [-0.1, -0.05) is 6.92 Å². The monoisotopic (exact) mass is 223 g/mol. The predicted octanol–water partition coefficient (Wildman–Crippen LogP) is 2.23. The molecule has 1 heterocycles. The lowest BCUT2D eigenvalue weighted by molar-refractivity contribution is 0.0515. The van der Waals surface area contributed by atoms with Crippen LogP contribution in [0, 0.1) is 5.92 Å². The maximum atomic E-state index is 5.64. The fourth-order valence-electron chi connectivity index (χ4n) is 2.34. The summed E-state index contributed by atoms with van der Waals surface area (Å²) < 4.78 is 10.8. The largest absolute Gasteiger partial charge is 0.472 e. The lowest BCUT2D eigenvalue weighted by Crippen LogP contribution is -2.43. The third kappa shape index (κ3) is 2.86. The van der Waals surface area contributed by atoms with Crippen molar-refractivity contribution in [1.29, 1.82) is 0 Å². The van der Waals surface area contributed by atoms with Crippen LogP contribution in [0.15, 0.2) is 23.0 Å². The molecule has 90 valence electrons. The Morgan fingerprint density at radius 3 is 2.88 bits per heavy atom. The fourth-order valence-corrected chi connectivity index (χ4v) is 2.34. The summed E-state index contributed by atoms with van der Waals surface area (Å²) in [7, 11) is 1.82. The summed E-state index contributed by atoms with van der Waals surface area (Å²) in [6.45, 7) is 3.12. The van der Waals surface area contributed by atoms with Gasteiger partial charge in [-0.3, -0.25) is 0 Å². The second kappa shape index (κ2) is 5.51. The van der Waals surface area contributed by atoms with Crippen molar-refractivity contribution in [3.8, 4) is 0 Å². The minimum absolute atomic E-state index is 0.342. The van der Waals surface area contributed by atoms with Crippen molar-refractivity contribution in [3.05, 3.63) is 24.2 Å². The second-order valence-corrected chi connectivity index (χ2v) is 4.54. The van der Waals surface area contributed by atoms with E-state index in [-0.39, 0.29) is 0 Å². The third-order valence-electron chi connectivity index (χ3n) is 3.26. The van der Waals surface area contributed by atoms with Crippen LogP contribution in [0.5, 0.6) is 0 Å². The SMILES string of the molecule is CCNC(Cc1ccoc1)C(OC)C1CC1. The maximum Gasteiger partial charge on any atom is 0.0935 e. The van der Waals surface area contributed by atoms with E-state index in [9.17, 15) is 0 Å². The maximum absolute atomic E-state index is 5.64. The smallest absolute Gasteiger partial charge is 0.0935 e. The summed E-state index contributed by atoms with van der Waals surface area (Å²) in [6, 6.07) is 2.43. The van der Waals surface area contributed by atoms with Crippen molar-refractivity contribution in [2.45, 2.75) is 38.3 Å². The highest BCUT2D eigenvalue weighted by Crippen LogP contribution is 2.36. The molecule has 0 amide bonds. The molecule has 1 aliphatic rings. The molecule has 0 spiro atoms. The van der Waals surface area contributed by atoms with Crippen LogP contribution in [0.3, 0.4) is 0 Å². The van der Waals surface area contributed by atoms with Crippen LogP contribution in [0.2, 0.25) is 0 Å². The van der Waals surface area contributed by atoms with Gasteiger partial charge in [-0.25, -0.2) is 0 Å². The van der Waals surface area contributed by atoms with E-state index in [0.717, 1.165) is 18.9 Å². The van der Waals surface area contributed by atoms with Crippen LogP contribution in [0.25, 0.3) is 0 Å². The first-order chi connectivity index (χ1) is 7.85. The van der Waals surface area contributed by atoms with E-state index in [0.29, 0.717) is 12.1 Å². The van der Waals surface area contributed by atoms with Crippen molar-refractivity contribution in [2.75, 3.05) is 13.7 Å². The molecule has 2 rings (SSSR count). The van der Waals surface area contributed by atoms with Gasteiger partial charge in [0.05, 0.1) is 18.6 Å². The average molecular weight is 223 g/mol. The molecular formula is C13H21NO2. The molecule has 0 radical (unpaired) electrons. The molecule has 3 heteroatoms. The van der Waals surface area contributed by atoms with E-state index in [1.165, 1.54) is 18.4 Å². The van der Waals surface area contributed by atoms with Crippen molar-refractivity contribution in [3.63, 3.8) is 0 Å². The average Bonchev–Trinajstić information content (AvgIpc) is 2.97. The highest BCUT2D eigenvalue weighted by atomic mass is 16.5. The normalized spacial score (nSPS) is 19.6. The van der Waals surface area contributed by atoms with Crippen LogP contribution in [-0.4, -0.2) is 25.8 Å². The Kier molecular flexibility index (Phi) is 4.02.